The third-order valence-electron chi connectivity index (χ3n) is 3.48. The van der Waals surface area contributed by atoms with E-state index < -0.39 is 0 Å². The fraction of sp³-hybridized carbons (Fsp3) is 0.0556. The zero-order chi connectivity index (χ0) is 15.5. The first-order valence-electron chi connectivity index (χ1n) is 6.85. The lowest BCUT2D eigenvalue weighted by atomic mass is 10.0. The molecule has 3 aromatic rings. The van der Waals surface area contributed by atoms with E-state index in [4.69, 9.17) is 17.0 Å². The maximum atomic E-state index is 10.2. The van der Waals surface area contributed by atoms with Gasteiger partial charge in [0, 0.05) is 5.69 Å². The van der Waals surface area contributed by atoms with Crippen LogP contribution >= 0.6 is 12.2 Å². The smallest absolute Gasteiger partial charge is 0.126 e. The molecule has 0 aliphatic heterocycles. The summed E-state index contributed by atoms with van der Waals surface area (Å²) in [7, 11) is 1.63. The Morgan fingerprint density at radius 3 is 2.45 bits per heavy atom. The number of aromatic hydroxyl groups is 1. The molecule has 0 saturated carbocycles. The molecule has 22 heavy (non-hydrogen) atoms. The van der Waals surface area contributed by atoms with Crippen LogP contribution in [0, 0.1) is 0 Å². The van der Waals surface area contributed by atoms with Crippen LogP contribution in [0.3, 0.4) is 0 Å². The van der Waals surface area contributed by atoms with Crippen molar-refractivity contribution in [3.05, 3.63) is 66.2 Å². The molecule has 0 atom stereocenters. The van der Waals surface area contributed by atoms with Crippen LogP contribution in [-0.4, -0.2) is 17.2 Å². The minimum Gasteiger partial charge on any atom is -0.507 e. The molecule has 0 aliphatic rings. The maximum Gasteiger partial charge on any atom is 0.126 e. The average molecular weight is 309 g/mol. The zero-order valence-electron chi connectivity index (χ0n) is 12.0. The molecule has 0 bridgehead atoms. The van der Waals surface area contributed by atoms with E-state index >= 15 is 0 Å². The van der Waals surface area contributed by atoms with Crippen LogP contribution in [-0.2, 0) is 0 Å². The SMILES string of the molecule is COc1ccc(NC(=S)c2c(O)ccc3ccccc23)cc1. The molecule has 0 unspecified atom stereocenters. The summed E-state index contributed by atoms with van der Waals surface area (Å²) in [6.07, 6.45) is 0. The molecular weight excluding hydrogens is 294 g/mol. The molecule has 0 heterocycles. The predicted molar refractivity (Wildman–Crippen MR) is 93.9 cm³/mol. The average Bonchev–Trinajstić information content (AvgIpc) is 2.55. The van der Waals surface area contributed by atoms with Crippen molar-refractivity contribution in [1.29, 1.82) is 0 Å². The van der Waals surface area contributed by atoms with Gasteiger partial charge in [-0.25, -0.2) is 0 Å². The number of ether oxygens (including phenoxy) is 1. The van der Waals surface area contributed by atoms with Crippen molar-refractivity contribution in [2.24, 2.45) is 0 Å². The number of hydrogen-bond donors (Lipinski definition) is 2. The van der Waals surface area contributed by atoms with Gasteiger partial charge >= 0.3 is 0 Å². The van der Waals surface area contributed by atoms with E-state index in [0.29, 0.717) is 10.6 Å². The van der Waals surface area contributed by atoms with Crippen LogP contribution in [0.1, 0.15) is 5.56 Å². The topological polar surface area (TPSA) is 41.5 Å². The molecule has 2 N–H and O–H groups in total. The molecule has 110 valence electrons. The van der Waals surface area contributed by atoms with Gasteiger partial charge in [-0.1, -0.05) is 42.5 Å². The Labute approximate surface area is 134 Å². The minimum atomic E-state index is 0.171. The zero-order valence-corrected chi connectivity index (χ0v) is 12.9. The monoisotopic (exact) mass is 309 g/mol. The highest BCUT2D eigenvalue weighted by atomic mass is 32.1. The third-order valence-corrected chi connectivity index (χ3v) is 3.79. The summed E-state index contributed by atoms with van der Waals surface area (Å²) >= 11 is 5.48. The van der Waals surface area contributed by atoms with Crippen molar-refractivity contribution in [2.45, 2.75) is 0 Å². The third kappa shape index (κ3) is 2.73. The summed E-state index contributed by atoms with van der Waals surface area (Å²) in [6.45, 7) is 0. The summed E-state index contributed by atoms with van der Waals surface area (Å²) in [6, 6.07) is 18.9. The molecule has 3 rings (SSSR count). The van der Waals surface area contributed by atoms with E-state index in [0.717, 1.165) is 22.2 Å². The fourth-order valence-corrected chi connectivity index (χ4v) is 2.70. The lowest BCUT2D eigenvalue weighted by molar-refractivity contribution is 0.415. The molecule has 0 aliphatic carbocycles. The molecule has 3 nitrogen and oxygen atoms in total. The number of thiocarbonyl (C=S) groups is 1. The number of phenolic OH excluding ortho intramolecular Hbond substituents is 1. The number of rotatable bonds is 3. The van der Waals surface area contributed by atoms with Crippen LogP contribution in [0.4, 0.5) is 5.69 Å². The Morgan fingerprint density at radius 1 is 1.00 bits per heavy atom. The van der Waals surface area contributed by atoms with Gasteiger partial charge in [0.05, 0.1) is 12.7 Å². The van der Waals surface area contributed by atoms with Gasteiger partial charge < -0.3 is 15.2 Å². The molecular formula is C18H15NO2S. The van der Waals surface area contributed by atoms with E-state index in [1.807, 2.05) is 54.6 Å². The quantitative estimate of drug-likeness (QED) is 0.706. The van der Waals surface area contributed by atoms with Crippen molar-refractivity contribution < 1.29 is 9.84 Å². The second-order valence-electron chi connectivity index (χ2n) is 4.86. The molecule has 3 aromatic carbocycles. The second kappa shape index (κ2) is 6.03. The number of methoxy groups -OCH3 is 1. The van der Waals surface area contributed by atoms with Gasteiger partial charge in [-0.15, -0.1) is 0 Å². The van der Waals surface area contributed by atoms with Gasteiger partial charge in [0.1, 0.15) is 16.5 Å². The van der Waals surface area contributed by atoms with Crippen molar-refractivity contribution >= 4 is 33.7 Å². The number of nitrogens with one attached hydrogen (secondary N) is 1. The van der Waals surface area contributed by atoms with E-state index in [2.05, 4.69) is 5.32 Å². The molecule has 4 heteroatoms. The number of phenols is 1. The van der Waals surface area contributed by atoms with Gasteiger partial charge in [0.2, 0.25) is 0 Å². The summed E-state index contributed by atoms with van der Waals surface area (Å²) < 4.78 is 5.13. The van der Waals surface area contributed by atoms with Gasteiger partial charge in [-0.2, -0.15) is 0 Å². The summed E-state index contributed by atoms with van der Waals surface area (Å²) in [5.41, 5.74) is 1.49. The van der Waals surface area contributed by atoms with Crippen LogP contribution in [0.25, 0.3) is 10.8 Å². The minimum absolute atomic E-state index is 0.171. The van der Waals surface area contributed by atoms with Crippen LogP contribution in [0.2, 0.25) is 0 Å². The first-order valence-corrected chi connectivity index (χ1v) is 7.26. The lowest BCUT2D eigenvalue weighted by Gasteiger charge is -2.13. The first-order chi connectivity index (χ1) is 10.7. The lowest BCUT2D eigenvalue weighted by Crippen LogP contribution is -2.11. The normalized spacial score (nSPS) is 10.4. The van der Waals surface area contributed by atoms with Gasteiger partial charge in [0.15, 0.2) is 0 Å². The summed E-state index contributed by atoms with van der Waals surface area (Å²) in [5.74, 6) is 0.953. The van der Waals surface area contributed by atoms with Crippen molar-refractivity contribution in [3.8, 4) is 11.5 Å². The number of hydrogen-bond acceptors (Lipinski definition) is 3. The Hall–Kier alpha value is -2.59. The van der Waals surface area contributed by atoms with Gasteiger partial charge in [-0.3, -0.25) is 0 Å². The Bertz CT molecular complexity index is 828. The molecule has 0 radical (unpaired) electrons. The van der Waals surface area contributed by atoms with E-state index in [1.54, 1.807) is 13.2 Å². The predicted octanol–water partition coefficient (Wildman–Crippen LogP) is 4.34. The standard InChI is InChI=1S/C18H15NO2S/c1-21-14-9-7-13(8-10-14)19-18(22)17-15-5-3-2-4-12(15)6-11-16(17)20/h2-11,20H,1H3,(H,19,22). The van der Waals surface area contributed by atoms with Crippen LogP contribution in [0.15, 0.2) is 60.7 Å². The molecule has 0 amide bonds. The molecule has 0 aromatic heterocycles. The van der Waals surface area contributed by atoms with Crippen LogP contribution < -0.4 is 10.1 Å². The number of anilines is 1. The van der Waals surface area contributed by atoms with Gasteiger partial charge in [0.25, 0.3) is 0 Å². The highest BCUT2D eigenvalue weighted by Gasteiger charge is 2.12. The van der Waals surface area contributed by atoms with Crippen LogP contribution in [0.5, 0.6) is 11.5 Å². The highest BCUT2D eigenvalue weighted by molar-refractivity contribution is 7.81. The van der Waals surface area contributed by atoms with Gasteiger partial charge in [-0.05, 0) is 41.1 Å². The van der Waals surface area contributed by atoms with Crippen molar-refractivity contribution in [3.63, 3.8) is 0 Å². The largest absolute Gasteiger partial charge is 0.507 e. The summed E-state index contributed by atoms with van der Waals surface area (Å²) in [5, 5.41) is 15.3. The second-order valence-corrected chi connectivity index (χ2v) is 5.27. The Morgan fingerprint density at radius 2 is 1.73 bits per heavy atom. The van der Waals surface area contributed by atoms with Crippen molar-refractivity contribution in [2.75, 3.05) is 12.4 Å². The number of fused-ring (bicyclic) bond motifs is 1. The number of benzene rings is 3. The summed E-state index contributed by atoms with van der Waals surface area (Å²) in [4.78, 5) is 0.486. The van der Waals surface area contributed by atoms with Crippen molar-refractivity contribution in [1.82, 2.24) is 0 Å². The fourth-order valence-electron chi connectivity index (χ4n) is 2.37. The van der Waals surface area contributed by atoms with E-state index in [-0.39, 0.29) is 5.75 Å². The first kappa shape index (κ1) is 14.4. The Kier molecular flexibility index (Phi) is 3.94. The molecule has 0 spiro atoms. The Balaban J connectivity index is 1.96. The maximum absolute atomic E-state index is 10.2. The molecule has 0 saturated heterocycles. The highest BCUT2D eigenvalue weighted by Crippen LogP contribution is 2.28. The van der Waals surface area contributed by atoms with E-state index in [1.165, 1.54) is 0 Å². The van der Waals surface area contributed by atoms with E-state index in [9.17, 15) is 5.11 Å². The molecule has 0 fully saturated rings.